The molecule has 3 rings (SSSR count). The van der Waals surface area contributed by atoms with Crippen LogP contribution in [-0.4, -0.2) is 20.3 Å². The number of hydrogen-bond acceptors (Lipinski definition) is 3. The van der Waals surface area contributed by atoms with Crippen LogP contribution in [0.4, 0.5) is 27.6 Å². The maximum absolute atomic E-state index is 14.3. The van der Waals surface area contributed by atoms with Crippen LogP contribution in [0.1, 0.15) is 12.0 Å². The lowest BCUT2D eigenvalue weighted by Crippen LogP contribution is -2.54. The van der Waals surface area contributed by atoms with Crippen molar-refractivity contribution in [1.82, 2.24) is 0 Å². The average molecular weight is 480 g/mol. The van der Waals surface area contributed by atoms with Gasteiger partial charge in [0.15, 0.2) is 23.3 Å². The van der Waals surface area contributed by atoms with Crippen LogP contribution in [0.5, 0.6) is 0 Å². The number of nitrogens with zero attached hydrogens (tertiary/aromatic N) is 2. The van der Waals surface area contributed by atoms with Crippen molar-refractivity contribution in [2.75, 3.05) is 5.01 Å². The summed E-state index contributed by atoms with van der Waals surface area (Å²) in [6, 6.07) is 5.80. The first kappa shape index (κ1) is 21.4. The largest absolute Gasteiger partial charge is 0.365 e. The number of anilines is 1. The highest BCUT2D eigenvalue weighted by Crippen LogP contribution is 2.49. The Labute approximate surface area is 174 Å². The highest BCUT2D eigenvalue weighted by Gasteiger charge is 2.58. The van der Waals surface area contributed by atoms with Gasteiger partial charge in [-0.15, -0.1) is 0 Å². The topological polar surface area (TPSA) is 35.8 Å². The maximum Gasteiger partial charge on any atom is 0.239 e. The molecule has 1 heterocycles. The smallest absolute Gasteiger partial charge is 0.239 e. The highest BCUT2D eigenvalue weighted by molar-refractivity contribution is 6.68. The van der Waals surface area contributed by atoms with Crippen LogP contribution in [-0.2, 0) is 0 Å². The zero-order valence-electron chi connectivity index (χ0n) is 13.3. The molecule has 2 aromatic rings. The van der Waals surface area contributed by atoms with E-state index >= 15 is 0 Å². The molecule has 3 nitrogen and oxygen atoms in total. The van der Waals surface area contributed by atoms with E-state index in [1.807, 2.05) is 0 Å². The van der Waals surface area contributed by atoms with Gasteiger partial charge < -0.3 is 5.11 Å². The molecule has 1 unspecified atom stereocenters. The second-order valence-electron chi connectivity index (χ2n) is 5.78. The first-order chi connectivity index (χ1) is 12.9. The molecule has 0 amide bonds. The van der Waals surface area contributed by atoms with Crippen molar-refractivity contribution in [3.63, 3.8) is 0 Å². The normalized spacial score (nSPS) is 19.9. The summed E-state index contributed by atoms with van der Waals surface area (Å²) in [6.07, 6.45) is -0.607. The molecule has 150 valence electrons. The molecular formula is C16H7Cl4F5N2O. The minimum atomic E-state index is -2.76. The minimum Gasteiger partial charge on any atom is -0.365 e. The second-order valence-corrected chi connectivity index (χ2v) is 8.49. The molecule has 1 aliphatic heterocycles. The van der Waals surface area contributed by atoms with E-state index in [4.69, 9.17) is 46.4 Å². The minimum absolute atomic E-state index is 0.0468. The molecule has 2 aromatic carbocycles. The van der Waals surface area contributed by atoms with E-state index in [-0.39, 0.29) is 10.7 Å². The molecule has 0 fully saturated rings. The fourth-order valence-corrected chi connectivity index (χ4v) is 3.15. The lowest BCUT2D eigenvalue weighted by molar-refractivity contribution is 0.0548. The van der Waals surface area contributed by atoms with Gasteiger partial charge in [-0.2, -0.15) is 5.10 Å². The molecule has 1 atom stereocenters. The first-order valence-corrected chi connectivity index (χ1v) is 8.84. The van der Waals surface area contributed by atoms with Gasteiger partial charge in [0.25, 0.3) is 0 Å². The summed E-state index contributed by atoms with van der Waals surface area (Å²) >= 11 is 23.1. The summed E-state index contributed by atoms with van der Waals surface area (Å²) in [5.74, 6) is -11.3. The number of halogens is 9. The lowest BCUT2D eigenvalue weighted by Gasteiger charge is -2.37. The SMILES string of the molecule is OC1(C(Cl)(Cl)Cl)CC(c2ccc(Cl)cc2)=NN1c1c(F)c(F)c(F)c(F)c1F. The summed E-state index contributed by atoms with van der Waals surface area (Å²) in [5, 5.41) is 15.1. The van der Waals surface area contributed by atoms with E-state index in [0.29, 0.717) is 10.6 Å². The van der Waals surface area contributed by atoms with Crippen molar-refractivity contribution in [3.05, 3.63) is 63.9 Å². The van der Waals surface area contributed by atoms with Crippen LogP contribution in [0.3, 0.4) is 0 Å². The van der Waals surface area contributed by atoms with Crippen LogP contribution < -0.4 is 5.01 Å². The molecule has 0 saturated heterocycles. The third-order valence-electron chi connectivity index (χ3n) is 4.01. The Morgan fingerprint density at radius 3 is 1.82 bits per heavy atom. The van der Waals surface area contributed by atoms with Gasteiger partial charge >= 0.3 is 0 Å². The molecule has 0 radical (unpaired) electrons. The van der Waals surface area contributed by atoms with Gasteiger partial charge in [-0.05, 0) is 17.7 Å². The Morgan fingerprint density at radius 2 is 1.36 bits per heavy atom. The summed E-state index contributed by atoms with van der Waals surface area (Å²) in [4.78, 5) is 0. The predicted octanol–water partition coefficient (Wildman–Crippen LogP) is 5.71. The molecule has 1 aliphatic rings. The summed E-state index contributed by atoms with van der Waals surface area (Å²) in [7, 11) is 0. The zero-order valence-corrected chi connectivity index (χ0v) is 16.3. The molecule has 0 aromatic heterocycles. The Hall–Kier alpha value is -1.32. The molecule has 0 saturated carbocycles. The van der Waals surface area contributed by atoms with Crippen molar-refractivity contribution < 1.29 is 27.1 Å². The number of alkyl halides is 3. The Bertz CT molecular complexity index is 951. The van der Waals surface area contributed by atoms with E-state index in [2.05, 4.69) is 5.10 Å². The Balaban J connectivity index is 2.25. The van der Waals surface area contributed by atoms with Crippen LogP contribution in [0.15, 0.2) is 29.4 Å². The number of hydrazone groups is 1. The molecule has 0 aliphatic carbocycles. The first-order valence-electron chi connectivity index (χ1n) is 7.32. The molecule has 1 N–H and O–H groups in total. The fraction of sp³-hybridized carbons (Fsp3) is 0.188. The van der Waals surface area contributed by atoms with E-state index in [1.54, 1.807) is 0 Å². The third kappa shape index (κ3) is 3.31. The van der Waals surface area contributed by atoms with Gasteiger partial charge in [0, 0.05) is 11.4 Å². The summed E-state index contributed by atoms with van der Waals surface area (Å²) < 4.78 is 66.5. The van der Waals surface area contributed by atoms with Crippen LogP contribution in [0.2, 0.25) is 5.02 Å². The monoisotopic (exact) mass is 478 g/mol. The van der Waals surface area contributed by atoms with Crippen molar-refractivity contribution >= 4 is 57.8 Å². The van der Waals surface area contributed by atoms with E-state index in [0.717, 1.165) is 0 Å². The number of benzene rings is 2. The van der Waals surface area contributed by atoms with Crippen LogP contribution in [0, 0.1) is 29.1 Å². The third-order valence-corrected chi connectivity index (χ3v) is 5.17. The maximum atomic E-state index is 14.3. The van der Waals surface area contributed by atoms with Gasteiger partial charge in [-0.25, -0.2) is 27.0 Å². The lowest BCUT2D eigenvalue weighted by atomic mass is 10.0. The molecule has 28 heavy (non-hydrogen) atoms. The highest BCUT2D eigenvalue weighted by atomic mass is 35.6. The Morgan fingerprint density at radius 1 is 0.893 bits per heavy atom. The van der Waals surface area contributed by atoms with Gasteiger partial charge in [-0.1, -0.05) is 58.5 Å². The predicted molar refractivity (Wildman–Crippen MR) is 96.6 cm³/mol. The molecule has 12 heteroatoms. The standard InChI is InChI=1S/C16H7Cl4F5N2O/c17-7-3-1-6(2-4-7)8-5-15(28,16(18,19)20)27(26-8)14-12(24)10(22)9(21)11(23)13(14)25/h1-4,28H,5H2. The van der Waals surface area contributed by atoms with E-state index in [9.17, 15) is 27.1 Å². The van der Waals surface area contributed by atoms with Crippen LogP contribution in [0.25, 0.3) is 0 Å². The van der Waals surface area contributed by atoms with Crippen molar-refractivity contribution in [3.8, 4) is 0 Å². The zero-order chi connectivity index (χ0) is 21.0. The van der Waals surface area contributed by atoms with Gasteiger partial charge in [-0.3, -0.25) is 0 Å². The van der Waals surface area contributed by atoms with Gasteiger partial charge in [0.2, 0.25) is 15.3 Å². The number of hydrogen-bond donors (Lipinski definition) is 1. The van der Waals surface area contributed by atoms with E-state index in [1.165, 1.54) is 24.3 Å². The number of aliphatic hydroxyl groups is 1. The van der Waals surface area contributed by atoms with Crippen molar-refractivity contribution in [2.24, 2.45) is 5.10 Å². The summed E-state index contributed by atoms with van der Waals surface area (Å²) in [5.41, 5.74) is -4.06. The van der Waals surface area contributed by atoms with Crippen molar-refractivity contribution in [1.29, 1.82) is 0 Å². The average Bonchev–Trinajstić information content (AvgIpc) is 2.98. The Kier molecular flexibility index (Phi) is 5.48. The fourth-order valence-electron chi connectivity index (χ4n) is 2.58. The van der Waals surface area contributed by atoms with Gasteiger partial charge in [0.1, 0.15) is 5.69 Å². The molecular weight excluding hydrogens is 473 g/mol. The van der Waals surface area contributed by atoms with Crippen molar-refractivity contribution in [2.45, 2.75) is 15.9 Å². The quantitative estimate of drug-likeness (QED) is 0.259. The second kappa shape index (κ2) is 7.18. The van der Waals surface area contributed by atoms with Crippen LogP contribution >= 0.6 is 46.4 Å². The number of rotatable bonds is 2. The summed E-state index contributed by atoms with van der Waals surface area (Å²) in [6.45, 7) is 0. The molecule has 0 bridgehead atoms. The van der Waals surface area contributed by atoms with E-state index < -0.39 is 50.7 Å². The molecule has 0 spiro atoms. The van der Waals surface area contributed by atoms with Gasteiger partial charge in [0.05, 0.1) is 5.71 Å².